The standard InChI is InChI=1S/C12H15NO4/c1-12(2)7-16-11(17-8-12)9-5-3-4-6-10(9)13(14)15/h3-6,11H,7-8H2,1-2H3. The molecular formula is C12H15NO4. The molecule has 5 nitrogen and oxygen atoms in total. The smallest absolute Gasteiger partial charge is 0.277 e. The van der Waals surface area contributed by atoms with Crippen molar-refractivity contribution in [3.8, 4) is 0 Å². The van der Waals surface area contributed by atoms with Gasteiger partial charge in [0.05, 0.1) is 23.7 Å². The maximum atomic E-state index is 10.9. The van der Waals surface area contributed by atoms with Gasteiger partial charge in [-0.3, -0.25) is 10.1 Å². The van der Waals surface area contributed by atoms with E-state index in [1.54, 1.807) is 18.2 Å². The Morgan fingerprint density at radius 1 is 1.29 bits per heavy atom. The van der Waals surface area contributed by atoms with Crippen molar-refractivity contribution < 1.29 is 14.4 Å². The number of ether oxygens (including phenoxy) is 2. The predicted octanol–water partition coefficient (Wildman–Crippen LogP) is 2.67. The number of benzene rings is 1. The van der Waals surface area contributed by atoms with Gasteiger partial charge in [-0.15, -0.1) is 0 Å². The largest absolute Gasteiger partial charge is 0.347 e. The Balaban J connectivity index is 2.21. The zero-order chi connectivity index (χ0) is 12.5. The summed E-state index contributed by atoms with van der Waals surface area (Å²) in [5.41, 5.74) is 0.477. The summed E-state index contributed by atoms with van der Waals surface area (Å²) in [4.78, 5) is 10.5. The Bertz CT molecular complexity index is 420. The summed E-state index contributed by atoms with van der Waals surface area (Å²) in [5, 5.41) is 10.9. The van der Waals surface area contributed by atoms with Gasteiger partial charge in [0.2, 0.25) is 0 Å². The maximum absolute atomic E-state index is 10.9. The molecule has 0 atom stereocenters. The van der Waals surface area contributed by atoms with E-state index < -0.39 is 11.2 Å². The Kier molecular flexibility index (Phi) is 3.13. The summed E-state index contributed by atoms with van der Waals surface area (Å²) in [6.45, 7) is 5.12. The molecule has 1 saturated heterocycles. The van der Waals surface area contributed by atoms with Gasteiger partial charge in [0, 0.05) is 11.5 Å². The summed E-state index contributed by atoms with van der Waals surface area (Å²) >= 11 is 0. The highest BCUT2D eigenvalue weighted by Crippen LogP contribution is 2.34. The molecule has 5 heteroatoms. The van der Waals surface area contributed by atoms with Crippen molar-refractivity contribution >= 4 is 5.69 Å². The lowest BCUT2D eigenvalue weighted by Crippen LogP contribution is -2.33. The van der Waals surface area contributed by atoms with Gasteiger partial charge in [-0.25, -0.2) is 0 Å². The fourth-order valence-corrected chi connectivity index (χ4v) is 1.73. The Hall–Kier alpha value is -1.46. The minimum atomic E-state index is -0.635. The second-order valence-corrected chi connectivity index (χ2v) is 4.93. The molecule has 17 heavy (non-hydrogen) atoms. The third kappa shape index (κ3) is 2.62. The topological polar surface area (TPSA) is 61.6 Å². The minimum Gasteiger partial charge on any atom is -0.347 e. The van der Waals surface area contributed by atoms with Gasteiger partial charge in [0.1, 0.15) is 0 Å². The van der Waals surface area contributed by atoms with Crippen molar-refractivity contribution in [1.82, 2.24) is 0 Å². The van der Waals surface area contributed by atoms with Crippen LogP contribution >= 0.6 is 0 Å². The third-order valence-corrected chi connectivity index (χ3v) is 2.64. The quantitative estimate of drug-likeness (QED) is 0.586. The fraction of sp³-hybridized carbons (Fsp3) is 0.500. The van der Waals surface area contributed by atoms with Crippen molar-refractivity contribution in [2.75, 3.05) is 13.2 Å². The molecule has 0 N–H and O–H groups in total. The monoisotopic (exact) mass is 237 g/mol. The van der Waals surface area contributed by atoms with E-state index in [1.807, 2.05) is 13.8 Å². The number of nitro groups is 1. The molecule has 1 aliphatic rings. The van der Waals surface area contributed by atoms with E-state index in [2.05, 4.69) is 0 Å². The molecule has 0 spiro atoms. The Labute approximate surface area is 99.5 Å². The summed E-state index contributed by atoms with van der Waals surface area (Å²) in [5.74, 6) is 0. The van der Waals surface area contributed by atoms with Crippen LogP contribution in [0.4, 0.5) is 5.69 Å². The van der Waals surface area contributed by atoms with E-state index in [0.717, 1.165) is 0 Å². The lowest BCUT2D eigenvalue weighted by Gasteiger charge is -2.34. The van der Waals surface area contributed by atoms with Crippen molar-refractivity contribution in [2.45, 2.75) is 20.1 Å². The van der Waals surface area contributed by atoms with E-state index in [9.17, 15) is 10.1 Å². The van der Waals surface area contributed by atoms with Crippen LogP contribution in [-0.2, 0) is 9.47 Å². The van der Waals surface area contributed by atoms with Crippen LogP contribution in [0.5, 0.6) is 0 Å². The van der Waals surface area contributed by atoms with Gasteiger partial charge in [0.15, 0.2) is 6.29 Å². The normalized spacial score (nSPS) is 20.1. The van der Waals surface area contributed by atoms with Crippen LogP contribution in [0.25, 0.3) is 0 Å². The molecule has 0 radical (unpaired) electrons. The van der Waals surface area contributed by atoms with Gasteiger partial charge in [-0.2, -0.15) is 0 Å². The number of para-hydroxylation sites is 1. The predicted molar refractivity (Wildman–Crippen MR) is 61.5 cm³/mol. The molecule has 1 aliphatic heterocycles. The van der Waals surface area contributed by atoms with Crippen LogP contribution in [0.3, 0.4) is 0 Å². The molecule has 1 heterocycles. The second kappa shape index (κ2) is 4.43. The van der Waals surface area contributed by atoms with Gasteiger partial charge >= 0.3 is 0 Å². The fourth-order valence-electron chi connectivity index (χ4n) is 1.73. The van der Waals surface area contributed by atoms with E-state index in [4.69, 9.17) is 9.47 Å². The van der Waals surface area contributed by atoms with Gasteiger partial charge in [-0.1, -0.05) is 26.0 Å². The van der Waals surface area contributed by atoms with Crippen LogP contribution in [0, 0.1) is 15.5 Å². The summed E-state index contributed by atoms with van der Waals surface area (Å²) < 4.78 is 11.1. The van der Waals surface area contributed by atoms with Gasteiger partial charge in [-0.05, 0) is 6.07 Å². The first-order chi connectivity index (χ1) is 7.99. The van der Waals surface area contributed by atoms with Crippen LogP contribution < -0.4 is 0 Å². The Morgan fingerprint density at radius 2 is 1.88 bits per heavy atom. The molecule has 1 aromatic carbocycles. The van der Waals surface area contributed by atoms with Crippen molar-refractivity contribution in [1.29, 1.82) is 0 Å². The minimum absolute atomic E-state index is 0.0391. The summed E-state index contributed by atoms with van der Waals surface area (Å²) in [6, 6.07) is 6.51. The average Bonchev–Trinajstić information content (AvgIpc) is 2.29. The van der Waals surface area contributed by atoms with E-state index in [0.29, 0.717) is 18.8 Å². The van der Waals surface area contributed by atoms with Crippen LogP contribution in [0.15, 0.2) is 24.3 Å². The number of nitrogens with zero attached hydrogens (tertiary/aromatic N) is 1. The molecule has 0 saturated carbocycles. The highest BCUT2D eigenvalue weighted by atomic mass is 16.7. The maximum Gasteiger partial charge on any atom is 0.277 e. The van der Waals surface area contributed by atoms with E-state index >= 15 is 0 Å². The second-order valence-electron chi connectivity index (χ2n) is 4.93. The first-order valence-corrected chi connectivity index (χ1v) is 5.46. The van der Waals surface area contributed by atoms with Crippen molar-refractivity contribution in [3.63, 3.8) is 0 Å². The van der Waals surface area contributed by atoms with Crippen LogP contribution in [0.2, 0.25) is 0 Å². The van der Waals surface area contributed by atoms with Crippen LogP contribution in [-0.4, -0.2) is 18.1 Å². The molecule has 0 bridgehead atoms. The lowest BCUT2D eigenvalue weighted by molar-refractivity contribution is -0.387. The van der Waals surface area contributed by atoms with Gasteiger partial charge in [0.25, 0.3) is 5.69 Å². The average molecular weight is 237 g/mol. The molecule has 2 rings (SSSR count). The highest BCUT2D eigenvalue weighted by molar-refractivity contribution is 5.40. The number of rotatable bonds is 2. The van der Waals surface area contributed by atoms with E-state index in [-0.39, 0.29) is 11.1 Å². The molecule has 0 amide bonds. The Morgan fingerprint density at radius 3 is 2.47 bits per heavy atom. The molecule has 0 unspecified atom stereocenters. The summed E-state index contributed by atoms with van der Waals surface area (Å²) in [6.07, 6.45) is -0.635. The molecule has 0 aliphatic carbocycles. The highest BCUT2D eigenvalue weighted by Gasteiger charge is 2.32. The zero-order valence-corrected chi connectivity index (χ0v) is 9.88. The molecule has 0 aromatic heterocycles. The molecule has 1 aromatic rings. The SMILES string of the molecule is CC1(C)COC(c2ccccc2[N+](=O)[O-])OC1. The van der Waals surface area contributed by atoms with Gasteiger partial charge < -0.3 is 9.47 Å². The molecule has 1 fully saturated rings. The van der Waals surface area contributed by atoms with Crippen molar-refractivity contribution in [3.05, 3.63) is 39.9 Å². The zero-order valence-electron chi connectivity index (χ0n) is 9.88. The van der Waals surface area contributed by atoms with Crippen molar-refractivity contribution in [2.24, 2.45) is 5.41 Å². The summed E-state index contributed by atoms with van der Waals surface area (Å²) in [7, 11) is 0. The van der Waals surface area contributed by atoms with Crippen LogP contribution in [0.1, 0.15) is 25.7 Å². The number of nitro benzene ring substituents is 1. The third-order valence-electron chi connectivity index (χ3n) is 2.64. The first kappa shape index (κ1) is 12.0. The van der Waals surface area contributed by atoms with E-state index in [1.165, 1.54) is 6.07 Å². The number of hydrogen-bond acceptors (Lipinski definition) is 4. The first-order valence-electron chi connectivity index (χ1n) is 5.46. The number of hydrogen-bond donors (Lipinski definition) is 0. The lowest BCUT2D eigenvalue weighted by atomic mass is 9.95. The molecular weight excluding hydrogens is 222 g/mol. The molecule has 92 valence electrons.